The third-order valence-electron chi connectivity index (χ3n) is 4.61. The number of benzene rings is 2. The normalized spacial score (nSPS) is 13.6. The minimum atomic E-state index is -0.957. The van der Waals surface area contributed by atoms with E-state index in [0.717, 1.165) is 0 Å². The lowest BCUT2D eigenvalue weighted by molar-refractivity contribution is 0.102. The fourth-order valence-electron chi connectivity index (χ4n) is 3.11. The molecule has 2 aromatic carbocycles. The van der Waals surface area contributed by atoms with Crippen molar-refractivity contribution >= 4 is 23.4 Å². The fraction of sp³-hybridized carbons (Fsp3) is 0.250. The van der Waals surface area contributed by atoms with Crippen LogP contribution < -0.4 is 15.0 Å². The molecular formula is C20H20N4O4. The van der Waals surface area contributed by atoms with E-state index in [2.05, 4.69) is 11.4 Å². The van der Waals surface area contributed by atoms with Crippen LogP contribution in [0.25, 0.3) is 0 Å². The third kappa shape index (κ3) is 3.99. The highest BCUT2D eigenvalue weighted by molar-refractivity contribution is 6.05. The number of rotatable bonds is 4. The molecule has 28 heavy (non-hydrogen) atoms. The van der Waals surface area contributed by atoms with Crippen molar-refractivity contribution < 1.29 is 19.4 Å². The molecule has 0 spiro atoms. The first kappa shape index (κ1) is 19.0. The van der Waals surface area contributed by atoms with Crippen LogP contribution in [0.3, 0.4) is 0 Å². The Morgan fingerprint density at radius 2 is 1.82 bits per heavy atom. The molecule has 2 aromatic rings. The lowest BCUT2D eigenvalue weighted by atomic mass is 10.1. The minimum Gasteiger partial charge on any atom is -0.497 e. The van der Waals surface area contributed by atoms with Gasteiger partial charge in [-0.2, -0.15) is 5.26 Å². The summed E-state index contributed by atoms with van der Waals surface area (Å²) in [7, 11) is 1.51. The van der Waals surface area contributed by atoms with Crippen molar-refractivity contribution in [3.8, 4) is 11.8 Å². The van der Waals surface area contributed by atoms with Gasteiger partial charge in [-0.3, -0.25) is 4.79 Å². The van der Waals surface area contributed by atoms with E-state index in [0.29, 0.717) is 54.4 Å². The molecule has 0 bridgehead atoms. The number of carbonyl (C=O) groups excluding carboxylic acids is 1. The van der Waals surface area contributed by atoms with E-state index < -0.39 is 6.09 Å². The van der Waals surface area contributed by atoms with Gasteiger partial charge in [-0.15, -0.1) is 0 Å². The highest BCUT2D eigenvalue weighted by Gasteiger charge is 2.24. The molecule has 1 aliphatic heterocycles. The quantitative estimate of drug-likeness (QED) is 0.845. The maximum absolute atomic E-state index is 12.5. The summed E-state index contributed by atoms with van der Waals surface area (Å²) in [6.45, 7) is 1.56. The van der Waals surface area contributed by atoms with E-state index >= 15 is 0 Å². The summed E-state index contributed by atoms with van der Waals surface area (Å²) in [6, 6.07) is 14.2. The van der Waals surface area contributed by atoms with Gasteiger partial charge < -0.3 is 25.0 Å². The highest BCUT2D eigenvalue weighted by atomic mass is 16.5. The smallest absolute Gasteiger partial charge is 0.407 e. The molecule has 1 heterocycles. The Morgan fingerprint density at radius 1 is 1.14 bits per heavy atom. The highest BCUT2D eigenvalue weighted by Crippen LogP contribution is 2.33. The second kappa shape index (κ2) is 8.31. The van der Waals surface area contributed by atoms with Gasteiger partial charge in [0.2, 0.25) is 0 Å². The number of anilines is 2. The molecule has 0 atom stereocenters. The van der Waals surface area contributed by atoms with Crippen LogP contribution in [0.2, 0.25) is 0 Å². The largest absolute Gasteiger partial charge is 0.497 e. The van der Waals surface area contributed by atoms with Crippen molar-refractivity contribution in [1.29, 1.82) is 5.26 Å². The lowest BCUT2D eigenvalue weighted by Gasteiger charge is -2.35. The van der Waals surface area contributed by atoms with E-state index in [1.54, 1.807) is 36.4 Å². The molecule has 2 amide bonds. The van der Waals surface area contributed by atoms with Crippen LogP contribution in [-0.2, 0) is 0 Å². The molecule has 1 aliphatic rings. The predicted molar refractivity (Wildman–Crippen MR) is 104 cm³/mol. The number of methoxy groups -OCH3 is 1. The molecule has 144 valence electrons. The molecule has 2 N–H and O–H groups in total. The van der Waals surface area contributed by atoms with Gasteiger partial charge in [-0.05, 0) is 12.1 Å². The monoisotopic (exact) mass is 380 g/mol. The molecule has 0 aliphatic carbocycles. The number of carboxylic acid groups (broad SMARTS) is 1. The molecule has 3 rings (SSSR count). The third-order valence-corrected chi connectivity index (χ3v) is 4.61. The van der Waals surface area contributed by atoms with Crippen molar-refractivity contribution in [3.05, 3.63) is 53.6 Å². The van der Waals surface area contributed by atoms with Crippen LogP contribution in [0.15, 0.2) is 42.5 Å². The number of amides is 2. The SMILES string of the molecule is COc1cc(NC(=O)c2ccccc2)c(C#N)c(N2CCN(C(=O)O)CC2)c1. The van der Waals surface area contributed by atoms with Crippen LogP contribution in [0.1, 0.15) is 15.9 Å². The van der Waals surface area contributed by atoms with Crippen molar-refractivity contribution in [3.63, 3.8) is 0 Å². The van der Waals surface area contributed by atoms with Crippen molar-refractivity contribution in [2.75, 3.05) is 43.5 Å². The zero-order chi connectivity index (χ0) is 20.1. The minimum absolute atomic E-state index is 0.314. The summed E-state index contributed by atoms with van der Waals surface area (Å²) < 4.78 is 5.34. The molecule has 1 saturated heterocycles. The topological polar surface area (TPSA) is 106 Å². The lowest BCUT2D eigenvalue weighted by Crippen LogP contribution is -2.48. The molecule has 0 radical (unpaired) electrons. The summed E-state index contributed by atoms with van der Waals surface area (Å²) in [6.07, 6.45) is -0.957. The zero-order valence-corrected chi connectivity index (χ0v) is 15.4. The van der Waals surface area contributed by atoms with E-state index in [-0.39, 0.29) is 5.91 Å². The van der Waals surface area contributed by atoms with Crippen LogP contribution in [0.5, 0.6) is 5.75 Å². The summed E-state index contributed by atoms with van der Waals surface area (Å²) in [5.74, 6) is 0.171. The first-order chi connectivity index (χ1) is 13.5. The number of ether oxygens (including phenoxy) is 1. The Morgan fingerprint density at radius 3 is 2.39 bits per heavy atom. The zero-order valence-electron chi connectivity index (χ0n) is 15.4. The standard InChI is InChI=1S/C20H20N4O4/c1-28-15-11-17(22-19(25)14-5-3-2-4-6-14)16(13-21)18(12-15)23-7-9-24(10-8-23)20(26)27/h2-6,11-12H,7-10H2,1H3,(H,22,25)(H,26,27). The molecule has 0 saturated carbocycles. The average Bonchev–Trinajstić information content (AvgIpc) is 2.73. The van der Waals surface area contributed by atoms with Gasteiger partial charge in [0, 0.05) is 43.9 Å². The second-order valence-electron chi connectivity index (χ2n) is 6.26. The van der Waals surface area contributed by atoms with Crippen LogP contribution in [-0.4, -0.2) is 55.3 Å². The van der Waals surface area contributed by atoms with Crippen LogP contribution in [0.4, 0.5) is 16.2 Å². The Kier molecular flexibility index (Phi) is 5.65. The summed E-state index contributed by atoms with van der Waals surface area (Å²) in [4.78, 5) is 26.9. The van der Waals surface area contributed by atoms with E-state index in [9.17, 15) is 14.9 Å². The van der Waals surface area contributed by atoms with Gasteiger partial charge in [0.25, 0.3) is 5.91 Å². The van der Waals surface area contributed by atoms with Crippen molar-refractivity contribution in [2.24, 2.45) is 0 Å². The van der Waals surface area contributed by atoms with Gasteiger partial charge in [-0.1, -0.05) is 18.2 Å². The fourth-order valence-corrected chi connectivity index (χ4v) is 3.11. The maximum Gasteiger partial charge on any atom is 0.407 e. The summed E-state index contributed by atoms with van der Waals surface area (Å²) in [5.41, 5.74) is 1.75. The number of piperazine rings is 1. The number of nitrogens with one attached hydrogen (secondary N) is 1. The number of hydrogen-bond donors (Lipinski definition) is 2. The first-order valence-electron chi connectivity index (χ1n) is 8.75. The first-order valence-corrected chi connectivity index (χ1v) is 8.75. The van der Waals surface area contributed by atoms with Gasteiger partial charge in [0.05, 0.1) is 24.0 Å². The van der Waals surface area contributed by atoms with Gasteiger partial charge in [0.1, 0.15) is 11.8 Å². The molecule has 0 aromatic heterocycles. The second-order valence-corrected chi connectivity index (χ2v) is 6.26. The van der Waals surface area contributed by atoms with Gasteiger partial charge in [-0.25, -0.2) is 4.79 Å². The predicted octanol–water partition coefficient (Wildman–Crippen LogP) is 2.62. The van der Waals surface area contributed by atoms with E-state index in [1.807, 2.05) is 11.0 Å². The summed E-state index contributed by atoms with van der Waals surface area (Å²) >= 11 is 0. The molecule has 8 heteroatoms. The van der Waals surface area contributed by atoms with Crippen molar-refractivity contribution in [2.45, 2.75) is 0 Å². The van der Waals surface area contributed by atoms with Crippen LogP contribution >= 0.6 is 0 Å². The number of hydrogen-bond acceptors (Lipinski definition) is 5. The van der Waals surface area contributed by atoms with Crippen molar-refractivity contribution in [1.82, 2.24) is 4.90 Å². The molecular weight excluding hydrogens is 360 g/mol. The van der Waals surface area contributed by atoms with Crippen LogP contribution in [0, 0.1) is 11.3 Å². The Hall–Kier alpha value is -3.73. The molecule has 1 fully saturated rings. The van der Waals surface area contributed by atoms with E-state index in [1.165, 1.54) is 12.0 Å². The Bertz CT molecular complexity index is 916. The Labute approximate surface area is 162 Å². The maximum atomic E-state index is 12.5. The van der Waals surface area contributed by atoms with Gasteiger partial charge in [0.15, 0.2) is 0 Å². The molecule has 8 nitrogen and oxygen atoms in total. The number of nitrogens with zero attached hydrogens (tertiary/aromatic N) is 3. The summed E-state index contributed by atoms with van der Waals surface area (Å²) in [5, 5.41) is 21.6. The molecule has 0 unspecified atom stereocenters. The number of carbonyl (C=O) groups is 2. The Balaban J connectivity index is 1.91. The average molecular weight is 380 g/mol. The number of nitriles is 1. The van der Waals surface area contributed by atoms with E-state index in [4.69, 9.17) is 9.84 Å². The van der Waals surface area contributed by atoms with Gasteiger partial charge >= 0.3 is 6.09 Å².